The molecule has 0 aromatic carbocycles. The standard InChI is InChI=1S/C20H28O3/c1-14(7-6-8-15(2)13-19(22)23)9-10-17-16(3)18(21)11-12-20(17,4)5/h6-10,13,18,21H,11-12H2,1-5H3,(H,22,23)/b8-6+,10-9+,14-7+,15-13?. The monoisotopic (exact) mass is 316 g/mol. The molecule has 0 aromatic rings. The molecule has 0 saturated carbocycles. The van der Waals surface area contributed by atoms with Crippen LogP contribution < -0.4 is 0 Å². The molecular weight excluding hydrogens is 288 g/mol. The first-order chi connectivity index (χ1) is 10.6. The molecule has 1 atom stereocenters. The van der Waals surface area contributed by atoms with Crippen LogP contribution in [0.2, 0.25) is 0 Å². The minimum absolute atomic E-state index is 0.0801. The summed E-state index contributed by atoms with van der Waals surface area (Å²) in [4.78, 5) is 10.5. The normalized spacial score (nSPS) is 23.1. The Labute approximate surface area is 139 Å². The Morgan fingerprint density at radius 1 is 1.22 bits per heavy atom. The maximum absolute atomic E-state index is 10.5. The summed E-state index contributed by atoms with van der Waals surface area (Å²) in [5, 5.41) is 18.7. The lowest BCUT2D eigenvalue weighted by Crippen LogP contribution is -2.27. The van der Waals surface area contributed by atoms with Crippen molar-refractivity contribution >= 4 is 5.97 Å². The lowest BCUT2D eigenvalue weighted by Gasteiger charge is -2.35. The molecule has 0 spiro atoms. The Morgan fingerprint density at radius 2 is 1.87 bits per heavy atom. The third kappa shape index (κ3) is 6.03. The predicted molar refractivity (Wildman–Crippen MR) is 95.2 cm³/mol. The molecule has 0 saturated heterocycles. The molecule has 126 valence electrons. The summed E-state index contributed by atoms with van der Waals surface area (Å²) >= 11 is 0. The molecule has 1 aliphatic carbocycles. The Hall–Kier alpha value is -1.87. The van der Waals surface area contributed by atoms with Crippen LogP contribution in [0.15, 0.2) is 58.7 Å². The van der Waals surface area contributed by atoms with E-state index in [0.29, 0.717) is 5.57 Å². The average molecular weight is 316 g/mol. The fraction of sp³-hybridized carbons (Fsp3) is 0.450. The van der Waals surface area contributed by atoms with Crippen molar-refractivity contribution < 1.29 is 15.0 Å². The van der Waals surface area contributed by atoms with Crippen LogP contribution in [0.25, 0.3) is 0 Å². The zero-order chi connectivity index (χ0) is 17.6. The van der Waals surface area contributed by atoms with Gasteiger partial charge in [-0.25, -0.2) is 4.79 Å². The van der Waals surface area contributed by atoms with Gasteiger partial charge in [-0.2, -0.15) is 0 Å². The van der Waals surface area contributed by atoms with Gasteiger partial charge in [-0.15, -0.1) is 0 Å². The highest BCUT2D eigenvalue weighted by Crippen LogP contribution is 2.40. The smallest absolute Gasteiger partial charge is 0.328 e. The summed E-state index contributed by atoms with van der Waals surface area (Å²) in [6.07, 6.45) is 12.3. The summed E-state index contributed by atoms with van der Waals surface area (Å²) in [7, 11) is 0. The van der Waals surface area contributed by atoms with Crippen LogP contribution in [0.1, 0.15) is 47.5 Å². The first kappa shape index (κ1) is 19.2. The van der Waals surface area contributed by atoms with E-state index in [9.17, 15) is 9.90 Å². The van der Waals surface area contributed by atoms with Gasteiger partial charge in [0.05, 0.1) is 6.10 Å². The number of hydrogen-bond donors (Lipinski definition) is 2. The number of aliphatic carboxylic acids is 1. The average Bonchev–Trinajstić information content (AvgIpc) is 2.42. The Morgan fingerprint density at radius 3 is 2.48 bits per heavy atom. The summed E-state index contributed by atoms with van der Waals surface area (Å²) in [6, 6.07) is 0. The zero-order valence-electron chi connectivity index (χ0n) is 14.8. The number of allylic oxidation sites excluding steroid dienone is 8. The molecule has 3 heteroatoms. The number of hydrogen-bond acceptors (Lipinski definition) is 2. The largest absolute Gasteiger partial charge is 0.478 e. The Balaban J connectivity index is 2.87. The van der Waals surface area contributed by atoms with Gasteiger partial charge in [-0.05, 0) is 55.7 Å². The van der Waals surface area contributed by atoms with Crippen molar-refractivity contribution in [1.29, 1.82) is 0 Å². The molecule has 0 aliphatic heterocycles. The molecule has 0 radical (unpaired) electrons. The van der Waals surface area contributed by atoms with Gasteiger partial charge in [-0.1, -0.05) is 49.8 Å². The molecule has 2 N–H and O–H groups in total. The van der Waals surface area contributed by atoms with Crippen molar-refractivity contribution in [1.82, 2.24) is 0 Å². The number of aliphatic hydroxyl groups is 1. The molecule has 0 amide bonds. The van der Waals surface area contributed by atoms with E-state index in [0.717, 1.165) is 24.0 Å². The summed E-state index contributed by atoms with van der Waals surface area (Å²) < 4.78 is 0. The minimum atomic E-state index is -0.937. The number of carboxylic acid groups (broad SMARTS) is 1. The van der Waals surface area contributed by atoms with E-state index in [2.05, 4.69) is 19.9 Å². The molecule has 0 fully saturated rings. The minimum Gasteiger partial charge on any atom is -0.478 e. The first-order valence-electron chi connectivity index (χ1n) is 7.97. The van der Waals surface area contributed by atoms with Crippen molar-refractivity contribution in [3.05, 3.63) is 58.7 Å². The maximum atomic E-state index is 10.5. The van der Waals surface area contributed by atoms with E-state index in [1.54, 1.807) is 13.0 Å². The van der Waals surface area contributed by atoms with E-state index in [1.165, 1.54) is 11.6 Å². The summed E-state index contributed by atoms with van der Waals surface area (Å²) in [6.45, 7) is 10.2. The molecule has 1 rings (SSSR count). The number of aliphatic hydroxyl groups excluding tert-OH is 1. The second-order valence-corrected chi connectivity index (χ2v) is 6.86. The molecule has 3 nitrogen and oxygen atoms in total. The third-order valence-corrected chi connectivity index (χ3v) is 4.28. The number of carbonyl (C=O) groups is 1. The van der Waals surface area contributed by atoms with Crippen LogP contribution in [0.3, 0.4) is 0 Å². The van der Waals surface area contributed by atoms with Crippen molar-refractivity contribution in [2.24, 2.45) is 5.41 Å². The highest BCUT2D eigenvalue weighted by Gasteiger charge is 2.30. The Bertz CT molecular complexity index is 598. The van der Waals surface area contributed by atoms with Crippen LogP contribution >= 0.6 is 0 Å². The quantitative estimate of drug-likeness (QED) is 0.577. The van der Waals surface area contributed by atoms with Crippen molar-refractivity contribution in [2.75, 3.05) is 0 Å². The lowest BCUT2D eigenvalue weighted by molar-refractivity contribution is -0.131. The van der Waals surface area contributed by atoms with Gasteiger partial charge in [0.25, 0.3) is 0 Å². The Kier molecular flexibility index (Phi) is 6.77. The van der Waals surface area contributed by atoms with E-state index < -0.39 is 5.97 Å². The SMILES string of the molecule is CC(=CC(=O)O)/C=C/C=C(C)/C=C/C1=C(C)C(O)CCC1(C)C. The molecule has 0 bridgehead atoms. The van der Waals surface area contributed by atoms with E-state index in [4.69, 9.17) is 5.11 Å². The van der Waals surface area contributed by atoms with Crippen molar-refractivity contribution in [3.63, 3.8) is 0 Å². The van der Waals surface area contributed by atoms with Crippen LogP contribution in [0, 0.1) is 5.41 Å². The maximum Gasteiger partial charge on any atom is 0.328 e. The van der Waals surface area contributed by atoms with Crippen LogP contribution in [-0.2, 0) is 4.79 Å². The van der Waals surface area contributed by atoms with Crippen molar-refractivity contribution in [3.8, 4) is 0 Å². The topological polar surface area (TPSA) is 57.5 Å². The molecule has 1 unspecified atom stereocenters. The van der Waals surface area contributed by atoms with Crippen LogP contribution in [0.4, 0.5) is 0 Å². The number of carboxylic acids is 1. The fourth-order valence-electron chi connectivity index (χ4n) is 2.78. The molecular formula is C20H28O3. The van der Waals surface area contributed by atoms with Gasteiger partial charge in [0.15, 0.2) is 0 Å². The first-order valence-corrected chi connectivity index (χ1v) is 7.97. The number of rotatable bonds is 5. The van der Waals surface area contributed by atoms with E-state index >= 15 is 0 Å². The third-order valence-electron chi connectivity index (χ3n) is 4.28. The highest BCUT2D eigenvalue weighted by atomic mass is 16.4. The molecule has 1 aliphatic rings. The van der Waals surface area contributed by atoms with Gasteiger partial charge in [-0.3, -0.25) is 0 Å². The molecule has 23 heavy (non-hydrogen) atoms. The van der Waals surface area contributed by atoms with Gasteiger partial charge in [0.1, 0.15) is 0 Å². The van der Waals surface area contributed by atoms with E-state index in [-0.39, 0.29) is 11.5 Å². The van der Waals surface area contributed by atoms with Crippen molar-refractivity contribution in [2.45, 2.75) is 53.6 Å². The van der Waals surface area contributed by atoms with Gasteiger partial charge < -0.3 is 10.2 Å². The lowest BCUT2D eigenvalue weighted by atomic mass is 9.71. The predicted octanol–water partition coefficient (Wildman–Crippen LogP) is 4.57. The molecule has 0 heterocycles. The molecule has 0 aromatic heterocycles. The van der Waals surface area contributed by atoms with Crippen LogP contribution in [0.5, 0.6) is 0 Å². The van der Waals surface area contributed by atoms with Gasteiger partial charge in [0, 0.05) is 6.08 Å². The van der Waals surface area contributed by atoms with Gasteiger partial charge >= 0.3 is 5.97 Å². The van der Waals surface area contributed by atoms with E-state index in [1.807, 2.05) is 32.1 Å². The van der Waals surface area contributed by atoms with Gasteiger partial charge in [0.2, 0.25) is 0 Å². The second-order valence-electron chi connectivity index (χ2n) is 6.86. The summed E-state index contributed by atoms with van der Waals surface area (Å²) in [5.74, 6) is -0.937. The fourth-order valence-corrected chi connectivity index (χ4v) is 2.78. The highest BCUT2D eigenvalue weighted by molar-refractivity contribution is 5.81. The zero-order valence-corrected chi connectivity index (χ0v) is 14.8. The second kappa shape index (κ2) is 8.11. The summed E-state index contributed by atoms with van der Waals surface area (Å²) in [5.41, 5.74) is 4.11. The van der Waals surface area contributed by atoms with Crippen LogP contribution in [-0.4, -0.2) is 22.3 Å².